The van der Waals surface area contributed by atoms with Crippen LogP contribution >= 0.6 is 23.2 Å². The maximum Gasteiger partial charge on any atom is 0.262 e. The van der Waals surface area contributed by atoms with Gasteiger partial charge in [0.1, 0.15) is 5.17 Å². The SMILES string of the molecule is C/C(Cl)=N\N=C(\Cl)N=N. The van der Waals surface area contributed by atoms with E-state index in [0.29, 0.717) is 0 Å². The van der Waals surface area contributed by atoms with E-state index in [4.69, 9.17) is 28.7 Å². The highest BCUT2D eigenvalue weighted by Crippen LogP contribution is 1.90. The van der Waals surface area contributed by atoms with Crippen LogP contribution in [0.15, 0.2) is 15.3 Å². The Morgan fingerprint density at radius 3 is 2.22 bits per heavy atom. The standard InChI is InChI=1S/C3H4Cl2N4/c1-2(4)8-9-3(5)7-6/h6H,1H3/b7-6?,8-2+,9-3-. The number of halogens is 2. The fourth-order valence-electron chi connectivity index (χ4n) is 0.133. The third kappa shape index (κ3) is 5.39. The number of hydrogen-bond acceptors (Lipinski definition) is 3. The van der Waals surface area contributed by atoms with E-state index in [2.05, 4.69) is 15.3 Å². The summed E-state index contributed by atoms with van der Waals surface area (Å²) < 4.78 is 0. The summed E-state index contributed by atoms with van der Waals surface area (Å²) in [5.41, 5.74) is 6.30. The van der Waals surface area contributed by atoms with Gasteiger partial charge in [-0.25, -0.2) is 5.53 Å². The van der Waals surface area contributed by atoms with Crippen molar-refractivity contribution in [3.05, 3.63) is 0 Å². The molecule has 0 aromatic rings. The van der Waals surface area contributed by atoms with Crippen LogP contribution < -0.4 is 0 Å². The van der Waals surface area contributed by atoms with Gasteiger partial charge in [0.15, 0.2) is 0 Å². The van der Waals surface area contributed by atoms with E-state index < -0.39 is 0 Å². The van der Waals surface area contributed by atoms with Crippen molar-refractivity contribution < 1.29 is 0 Å². The summed E-state index contributed by atoms with van der Waals surface area (Å²) in [6.07, 6.45) is 0. The molecule has 0 amide bonds. The van der Waals surface area contributed by atoms with Crippen LogP contribution in [0.2, 0.25) is 0 Å². The maximum atomic E-state index is 6.30. The van der Waals surface area contributed by atoms with Gasteiger partial charge >= 0.3 is 0 Å². The number of hydrogen-bond donors (Lipinski definition) is 1. The van der Waals surface area contributed by atoms with Gasteiger partial charge in [-0.2, -0.15) is 0 Å². The molecule has 4 nitrogen and oxygen atoms in total. The van der Waals surface area contributed by atoms with Crippen LogP contribution in [-0.2, 0) is 0 Å². The molecule has 1 N–H and O–H groups in total. The van der Waals surface area contributed by atoms with E-state index in [-0.39, 0.29) is 10.5 Å². The predicted octanol–water partition coefficient (Wildman–Crippen LogP) is 2.18. The Hall–Kier alpha value is -0.480. The average molecular weight is 167 g/mol. The first kappa shape index (κ1) is 8.52. The largest absolute Gasteiger partial charge is 0.262 e. The minimum absolute atomic E-state index is 0.241. The summed E-state index contributed by atoms with van der Waals surface area (Å²) in [6.45, 7) is 1.54. The summed E-state index contributed by atoms with van der Waals surface area (Å²) in [4.78, 5) is 0. The monoisotopic (exact) mass is 166 g/mol. The van der Waals surface area contributed by atoms with Gasteiger partial charge in [-0.3, -0.25) is 0 Å². The molecule has 0 aliphatic rings. The molecule has 50 valence electrons. The summed E-state index contributed by atoms with van der Waals surface area (Å²) in [5, 5.41) is 9.31. The second-order valence-electron chi connectivity index (χ2n) is 1.08. The highest BCUT2D eigenvalue weighted by atomic mass is 35.5. The molecule has 0 saturated heterocycles. The zero-order valence-corrected chi connectivity index (χ0v) is 6.11. The van der Waals surface area contributed by atoms with Crippen molar-refractivity contribution >= 4 is 33.7 Å². The number of rotatable bonds is 1. The Morgan fingerprint density at radius 2 is 1.89 bits per heavy atom. The third-order valence-corrected chi connectivity index (χ3v) is 0.598. The third-order valence-electron chi connectivity index (χ3n) is 0.363. The van der Waals surface area contributed by atoms with Crippen molar-refractivity contribution in [3.8, 4) is 0 Å². The molecule has 0 fully saturated rings. The van der Waals surface area contributed by atoms with E-state index >= 15 is 0 Å². The Morgan fingerprint density at radius 1 is 1.33 bits per heavy atom. The lowest BCUT2D eigenvalue weighted by molar-refractivity contribution is 1.16. The molecule has 6 heteroatoms. The molecule has 0 aromatic heterocycles. The van der Waals surface area contributed by atoms with Gasteiger partial charge < -0.3 is 0 Å². The second kappa shape index (κ2) is 4.40. The molecular weight excluding hydrogens is 163 g/mol. The lowest BCUT2D eigenvalue weighted by Crippen LogP contribution is -1.77. The van der Waals surface area contributed by atoms with Gasteiger partial charge in [0.05, 0.1) is 0 Å². The van der Waals surface area contributed by atoms with Crippen LogP contribution in [0, 0.1) is 5.53 Å². The number of nitrogens with zero attached hydrogens (tertiary/aromatic N) is 3. The van der Waals surface area contributed by atoms with E-state index in [0.717, 1.165) is 0 Å². The van der Waals surface area contributed by atoms with Gasteiger partial charge in [-0.1, -0.05) is 11.6 Å². The molecule has 0 spiro atoms. The van der Waals surface area contributed by atoms with Crippen molar-refractivity contribution in [3.63, 3.8) is 0 Å². The summed E-state index contributed by atoms with van der Waals surface area (Å²) in [6, 6.07) is 0. The summed E-state index contributed by atoms with van der Waals surface area (Å²) in [5.74, 6) is 0. The van der Waals surface area contributed by atoms with E-state index in [1.54, 1.807) is 6.92 Å². The lowest BCUT2D eigenvalue weighted by atomic mass is 10.9. The Bertz CT molecular complexity index is 157. The highest BCUT2D eigenvalue weighted by Gasteiger charge is 1.84. The minimum Gasteiger partial charge on any atom is -0.202 e. The van der Waals surface area contributed by atoms with Crippen molar-refractivity contribution in [2.24, 2.45) is 15.3 Å². The Labute approximate surface area is 62.1 Å². The first-order chi connectivity index (χ1) is 4.16. The minimum atomic E-state index is -0.241. The molecule has 0 rings (SSSR count). The maximum absolute atomic E-state index is 6.30. The summed E-state index contributed by atoms with van der Waals surface area (Å²) >= 11 is 10.4. The summed E-state index contributed by atoms with van der Waals surface area (Å²) in [7, 11) is 0. The lowest BCUT2D eigenvalue weighted by Gasteiger charge is -1.79. The Kier molecular flexibility index (Phi) is 4.17. The Balaban J connectivity index is 3.98. The zero-order valence-electron chi connectivity index (χ0n) is 4.60. The van der Waals surface area contributed by atoms with Crippen molar-refractivity contribution in [1.29, 1.82) is 5.53 Å². The van der Waals surface area contributed by atoms with E-state index in [1.807, 2.05) is 0 Å². The van der Waals surface area contributed by atoms with Gasteiger partial charge in [0.2, 0.25) is 0 Å². The van der Waals surface area contributed by atoms with E-state index in [1.165, 1.54) is 0 Å². The van der Waals surface area contributed by atoms with Crippen molar-refractivity contribution in [2.75, 3.05) is 0 Å². The molecule has 0 unspecified atom stereocenters. The molecule has 0 atom stereocenters. The average Bonchev–Trinajstić information content (AvgIpc) is 1.83. The van der Waals surface area contributed by atoms with Gasteiger partial charge in [-0.05, 0) is 18.5 Å². The van der Waals surface area contributed by atoms with E-state index in [9.17, 15) is 0 Å². The molecule has 0 saturated carbocycles. The predicted molar refractivity (Wildman–Crippen MR) is 37.4 cm³/mol. The number of nitrogens with one attached hydrogen (secondary N) is 1. The van der Waals surface area contributed by atoms with Crippen LogP contribution in [-0.4, -0.2) is 10.5 Å². The van der Waals surface area contributed by atoms with Gasteiger partial charge in [-0.15, -0.1) is 15.3 Å². The van der Waals surface area contributed by atoms with Gasteiger partial charge in [0.25, 0.3) is 5.29 Å². The number of amidine groups is 1. The molecule has 0 aliphatic heterocycles. The van der Waals surface area contributed by atoms with Crippen molar-refractivity contribution in [2.45, 2.75) is 6.92 Å². The molecule has 0 bridgehead atoms. The van der Waals surface area contributed by atoms with Crippen LogP contribution in [0.3, 0.4) is 0 Å². The molecule has 0 radical (unpaired) electrons. The fraction of sp³-hybridized carbons (Fsp3) is 0.333. The van der Waals surface area contributed by atoms with Crippen LogP contribution in [0.1, 0.15) is 6.92 Å². The molecule has 9 heavy (non-hydrogen) atoms. The first-order valence-corrected chi connectivity index (χ1v) is 2.73. The molecule has 0 heterocycles. The van der Waals surface area contributed by atoms with Gasteiger partial charge in [0, 0.05) is 0 Å². The molecule has 0 aromatic carbocycles. The van der Waals surface area contributed by atoms with Crippen LogP contribution in [0.5, 0.6) is 0 Å². The smallest absolute Gasteiger partial charge is 0.202 e. The zero-order chi connectivity index (χ0) is 7.28. The fourth-order valence-corrected chi connectivity index (χ4v) is 0.208. The van der Waals surface area contributed by atoms with Crippen LogP contribution in [0.4, 0.5) is 0 Å². The normalized spacial score (nSPS) is 13.7. The highest BCUT2D eigenvalue weighted by molar-refractivity contribution is 6.66. The molecular formula is C3H4Cl2N4. The first-order valence-electron chi connectivity index (χ1n) is 1.97. The molecule has 0 aliphatic carbocycles. The second-order valence-corrected chi connectivity index (χ2v) is 1.96. The quantitative estimate of drug-likeness (QED) is 0.204. The van der Waals surface area contributed by atoms with Crippen LogP contribution in [0.25, 0.3) is 0 Å². The topological polar surface area (TPSA) is 60.9 Å². The van der Waals surface area contributed by atoms with Crippen molar-refractivity contribution in [1.82, 2.24) is 0 Å².